The van der Waals surface area contributed by atoms with E-state index in [4.69, 9.17) is 0 Å². The summed E-state index contributed by atoms with van der Waals surface area (Å²) in [6.07, 6.45) is 1.73. The molecule has 3 aromatic rings. The molecule has 0 aliphatic heterocycles. The van der Waals surface area contributed by atoms with Crippen molar-refractivity contribution < 1.29 is 0 Å². The SMILES string of the molecule is Brc1cnc(Nc2ccc(I)cc2)nc1Nc1ccccc1. The first-order valence-electron chi connectivity index (χ1n) is 6.58. The molecule has 0 aliphatic rings. The highest BCUT2D eigenvalue weighted by molar-refractivity contribution is 14.1. The van der Waals surface area contributed by atoms with E-state index in [-0.39, 0.29) is 0 Å². The highest BCUT2D eigenvalue weighted by Gasteiger charge is 2.06. The van der Waals surface area contributed by atoms with Gasteiger partial charge >= 0.3 is 0 Å². The summed E-state index contributed by atoms with van der Waals surface area (Å²) in [7, 11) is 0. The summed E-state index contributed by atoms with van der Waals surface area (Å²) in [6, 6.07) is 18.0. The van der Waals surface area contributed by atoms with Crippen LogP contribution in [0, 0.1) is 3.57 Å². The van der Waals surface area contributed by atoms with E-state index in [1.165, 1.54) is 3.57 Å². The van der Waals surface area contributed by atoms with Crippen molar-refractivity contribution in [3.63, 3.8) is 0 Å². The van der Waals surface area contributed by atoms with Crippen molar-refractivity contribution in [2.24, 2.45) is 0 Å². The van der Waals surface area contributed by atoms with Crippen molar-refractivity contribution in [3.8, 4) is 0 Å². The average molecular weight is 467 g/mol. The molecule has 0 radical (unpaired) electrons. The maximum atomic E-state index is 4.50. The van der Waals surface area contributed by atoms with Crippen molar-refractivity contribution in [2.75, 3.05) is 10.6 Å². The maximum Gasteiger partial charge on any atom is 0.229 e. The molecule has 0 amide bonds. The zero-order chi connectivity index (χ0) is 15.4. The Hall–Kier alpha value is -1.67. The van der Waals surface area contributed by atoms with Gasteiger partial charge in [-0.05, 0) is 74.9 Å². The summed E-state index contributed by atoms with van der Waals surface area (Å²) in [5.74, 6) is 1.26. The van der Waals surface area contributed by atoms with E-state index >= 15 is 0 Å². The molecule has 3 rings (SSSR count). The minimum Gasteiger partial charge on any atom is -0.339 e. The standard InChI is InChI=1S/C16H12BrIN4/c17-14-10-19-16(21-13-8-6-11(18)7-9-13)22-15(14)20-12-4-2-1-3-5-12/h1-10H,(H2,19,20,21,22). The lowest BCUT2D eigenvalue weighted by Gasteiger charge is -2.10. The highest BCUT2D eigenvalue weighted by Crippen LogP contribution is 2.25. The van der Waals surface area contributed by atoms with Crippen LogP contribution in [0.2, 0.25) is 0 Å². The zero-order valence-electron chi connectivity index (χ0n) is 11.4. The number of aromatic nitrogens is 2. The lowest BCUT2D eigenvalue weighted by Crippen LogP contribution is -2.01. The van der Waals surface area contributed by atoms with Crippen LogP contribution in [0.25, 0.3) is 0 Å². The number of para-hydroxylation sites is 1. The van der Waals surface area contributed by atoms with Crippen LogP contribution in [0.1, 0.15) is 0 Å². The fourth-order valence-corrected chi connectivity index (χ4v) is 2.49. The smallest absolute Gasteiger partial charge is 0.229 e. The number of nitrogens with zero attached hydrogens (tertiary/aromatic N) is 2. The van der Waals surface area contributed by atoms with Crippen molar-refractivity contribution >= 4 is 61.7 Å². The van der Waals surface area contributed by atoms with Gasteiger partial charge in [0.05, 0.1) is 4.47 Å². The van der Waals surface area contributed by atoms with Gasteiger partial charge in [-0.1, -0.05) is 18.2 Å². The Labute approximate surface area is 150 Å². The van der Waals surface area contributed by atoms with Crippen molar-refractivity contribution in [3.05, 3.63) is 68.8 Å². The third-order valence-corrected chi connectivity index (χ3v) is 4.18. The number of benzene rings is 2. The average Bonchev–Trinajstić information content (AvgIpc) is 2.54. The van der Waals surface area contributed by atoms with Crippen LogP contribution < -0.4 is 10.6 Å². The van der Waals surface area contributed by atoms with Gasteiger partial charge in [-0.25, -0.2) is 4.98 Å². The fourth-order valence-electron chi connectivity index (χ4n) is 1.84. The van der Waals surface area contributed by atoms with Crippen LogP contribution in [-0.4, -0.2) is 9.97 Å². The first-order chi connectivity index (χ1) is 10.7. The van der Waals surface area contributed by atoms with Gasteiger partial charge in [0, 0.05) is 21.1 Å². The molecule has 110 valence electrons. The second-order valence-corrected chi connectivity index (χ2v) is 6.61. The largest absolute Gasteiger partial charge is 0.339 e. The number of halogens is 2. The Kier molecular flexibility index (Phi) is 4.89. The van der Waals surface area contributed by atoms with E-state index in [0.29, 0.717) is 11.8 Å². The van der Waals surface area contributed by atoms with Crippen LogP contribution in [0.4, 0.5) is 23.1 Å². The second-order valence-electron chi connectivity index (χ2n) is 4.51. The van der Waals surface area contributed by atoms with Gasteiger partial charge in [0.25, 0.3) is 0 Å². The van der Waals surface area contributed by atoms with Gasteiger partial charge in [0.1, 0.15) is 5.82 Å². The van der Waals surface area contributed by atoms with Gasteiger partial charge in [0.15, 0.2) is 0 Å². The summed E-state index contributed by atoms with van der Waals surface area (Å²) in [4.78, 5) is 8.79. The molecule has 0 saturated carbocycles. The van der Waals surface area contributed by atoms with Crippen molar-refractivity contribution in [1.82, 2.24) is 9.97 Å². The van der Waals surface area contributed by atoms with Crippen LogP contribution in [0.15, 0.2) is 65.3 Å². The molecule has 4 nitrogen and oxygen atoms in total. The Morgan fingerprint density at radius 1 is 0.864 bits per heavy atom. The lowest BCUT2D eigenvalue weighted by atomic mass is 10.3. The van der Waals surface area contributed by atoms with Gasteiger partial charge in [-0.2, -0.15) is 4.98 Å². The third-order valence-electron chi connectivity index (χ3n) is 2.88. The molecule has 0 unspecified atom stereocenters. The summed E-state index contributed by atoms with van der Waals surface area (Å²) in [5.41, 5.74) is 1.93. The molecular formula is C16H12BrIN4. The molecule has 0 fully saturated rings. The van der Waals surface area contributed by atoms with E-state index in [2.05, 4.69) is 59.1 Å². The first-order valence-corrected chi connectivity index (χ1v) is 8.45. The van der Waals surface area contributed by atoms with Gasteiger partial charge < -0.3 is 10.6 Å². The number of hydrogen-bond donors (Lipinski definition) is 2. The molecular weight excluding hydrogens is 455 g/mol. The van der Waals surface area contributed by atoms with E-state index < -0.39 is 0 Å². The summed E-state index contributed by atoms with van der Waals surface area (Å²) in [6.45, 7) is 0. The normalized spacial score (nSPS) is 10.3. The molecule has 0 saturated heterocycles. The zero-order valence-corrected chi connectivity index (χ0v) is 15.2. The minimum atomic E-state index is 0.544. The molecule has 0 spiro atoms. The monoisotopic (exact) mass is 466 g/mol. The topological polar surface area (TPSA) is 49.8 Å². The molecule has 2 N–H and O–H groups in total. The molecule has 0 aliphatic carbocycles. The lowest BCUT2D eigenvalue weighted by molar-refractivity contribution is 1.15. The fraction of sp³-hybridized carbons (Fsp3) is 0. The Balaban J connectivity index is 1.81. The summed E-state index contributed by atoms with van der Waals surface area (Å²) < 4.78 is 2.00. The van der Waals surface area contributed by atoms with E-state index in [1.54, 1.807) is 6.20 Å². The Morgan fingerprint density at radius 3 is 2.27 bits per heavy atom. The van der Waals surface area contributed by atoms with Gasteiger partial charge in [-0.15, -0.1) is 0 Å². The Bertz CT molecular complexity index is 763. The molecule has 1 aromatic heterocycles. The van der Waals surface area contributed by atoms with Gasteiger partial charge in [-0.3, -0.25) is 0 Å². The summed E-state index contributed by atoms with van der Waals surface area (Å²) in [5, 5.41) is 6.47. The van der Waals surface area contributed by atoms with Crippen LogP contribution >= 0.6 is 38.5 Å². The number of hydrogen-bond acceptors (Lipinski definition) is 4. The van der Waals surface area contributed by atoms with Crippen molar-refractivity contribution in [1.29, 1.82) is 0 Å². The minimum absolute atomic E-state index is 0.544. The maximum absolute atomic E-state index is 4.50. The van der Waals surface area contributed by atoms with E-state index in [9.17, 15) is 0 Å². The molecule has 6 heteroatoms. The first kappa shape index (κ1) is 15.2. The van der Waals surface area contributed by atoms with Crippen LogP contribution in [-0.2, 0) is 0 Å². The third kappa shape index (κ3) is 3.95. The molecule has 1 heterocycles. The molecule has 0 atom stereocenters. The number of rotatable bonds is 4. The highest BCUT2D eigenvalue weighted by atomic mass is 127. The van der Waals surface area contributed by atoms with Gasteiger partial charge in [0.2, 0.25) is 5.95 Å². The molecule has 0 bridgehead atoms. The predicted octanol–water partition coefficient (Wildman–Crippen LogP) is 5.33. The summed E-state index contributed by atoms with van der Waals surface area (Å²) >= 11 is 5.74. The van der Waals surface area contributed by atoms with Crippen LogP contribution in [0.5, 0.6) is 0 Å². The predicted molar refractivity (Wildman–Crippen MR) is 102 cm³/mol. The number of anilines is 4. The quantitative estimate of drug-likeness (QED) is 0.510. The molecule has 22 heavy (non-hydrogen) atoms. The molecule has 2 aromatic carbocycles. The Morgan fingerprint density at radius 2 is 1.55 bits per heavy atom. The van der Waals surface area contributed by atoms with E-state index in [0.717, 1.165) is 15.8 Å². The van der Waals surface area contributed by atoms with E-state index in [1.807, 2.05) is 54.6 Å². The van der Waals surface area contributed by atoms with Crippen molar-refractivity contribution in [2.45, 2.75) is 0 Å². The second kappa shape index (κ2) is 7.06. The number of nitrogens with one attached hydrogen (secondary N) is 2. The van der Waals surface area contributed by atoms with Crippen LogP contribution in [0.3, 0.4) is 0 Å².